The molecule has 132 valence electrons. The number of β-amino-alcohol motifs (C(OH)–C–C–N with tert-alkyl or cyclic N) is 1. The second-order valence-electron chi connectivity index (χ2n) is 6.13. The molecule has 0 spiro atoms. The van der Waals surface area contributed by atoms with Gasteiger partial charge in [0.25, 0.3) is 0 Å². The normalized spacial score (nSPS) is 24.8. The van der Waals surface area contributed by atoms with Gasteiger partial charge >= 0.3 is 11.9 Å². The first kappa shape index (κ1) is 16.7. The number of piperidine rings is 1. The Morgan fingerprint density at radius 3 is 2.75 bits per heavy atom. The topological polar surface area (TPSA) is 104 Å². The third kappa shape index (κ3) is 3.21. The maximum Gasteiger partial charge on any atom is 0.418 e. The lowest BCUT2D eigenvalue weighted by Gasteiger charge is -2.40. The molecule has 11 heteroatoms. The van der Waals surface area contributed by atoms with Crippen molar-refractivity contribution in [1.29, 1.82) is 0 Å². The molecule has 1 saturated heterocycles. The van der Waals surface area contributed by atoms with Crippen molar-refractivity contribution in [3.63, 3.8) is 0 Å². The van der Waals surface area contributed by atoms with Gasteiger partial charge in [-0.25, -0.2) is 4.98 Å². The predicted octanol–water partition coefficient (Wildman–Crippen LogP) is 1.85. The molecule has 3 rings (SSSR count). The first-order valence-corrected chi connectivity index (χ1v) is 7.52. The molecule has 2 heterocycles. The van der Waals surface area contributed by atoms with E-state index in [9.17, 15) is 28.4 Å². The van der Waals surface area contributed by atoms with E-state index in [1.165, 1.54) is 4.90 Å². The molecule has 1 aliphatic carbocycles. The molecule has 8 nitrogen and oxygen atoms in total. The van der Waals surface area contributed by atoms with E-state index in [2.05, 4.69) is 15.3 Å². The van der Waals surface area contributed by atoms with Crippen molar-refractivity contribution in [2.24, 2.45) is 0 Å². The number of nitro groups is 1. The van der Waals surface area contributed by atoms with E-state index in [1.54, 1.807) is 0 Å². The van der Waals surface area contributed by atoms with Gasteiger partial charge in [0.05, 0.1) is 11.5 Å². The zero-order valence-corrected chi connectivity index (χ0v) is 12.6. The summed E-state index contributed by atoms with van der Waals surface area (Å²) in [5.41, 5.74) is -3.16. The van der Waals surface area contributed by atoms with Crippen molar-refractivity contribution in [3.8, 4) is 0 Å². The number of aliphatic hydroxyl groups is 1. The van der Waals surface area contributed by atoms with Gasteiger partial charge in [0, 0.05) is 12.6 Å². The van der Waals surface area contributed by atoms with E-state index in [4.69, 9.17) is 0 Å². The molecule has 2 fully saturated rings. The number of nitrogens with zero attached hydrogens (tertiary/aromatic N) is 4. The van der Waals surface area contributed by atoms with E-state index < -0.39 is 29.7 Å². The highest BCUT2D eigenvalue weighted by molar-refractivity contribution is 5.58. The Hall–Kier alpha value is -2.17. The van der Waals surface area contributed by atoms with Crippen LogP contribution in [0.3, 0.4) is 0 Å². The SMILES string of the molecule is O=[N+]([O-])c1cnc(N2CCC[C@](O)(C(F)(F)F)C2)nc1NC1CC1. The minimum absolute atomic E-state index is 0.00591. The van der Waals surface area contributed by atoms with E-state index in [1.807, 2.05) is 0 Å². The van der Waals surface area contributed by atoms with Crippen LogP contribution in [-0.4, -0.2) is 50.9 Å². The van der Waals surface area contributed by atoms with Gasteiger partial charge < -0.3 is 15.3 Å². The summed E-state index contributed by atoms with van der Waals surface area (Å²) >= 11 is 0. The summed E-state index contributed by atoms with van der Waals surface area (Å²) in [6, 6.07) is 0.0833. The van der Waals surface area contributed by atoms with Crippen LogP contribution < -0.4 is 10.2 Å². The Labute approximate surface area is 134 Å². The minimum Gasteiger partial charge on any atom is -0.379 e. The molecule has 0 radical (unpaired) electrons. The van der Waals surface area contributed by atoms with Crippen LogP contribution in [0.1, 0.15) is 25.7 Å². The van der Waals surface area contributed by atoms with Crippen molar-refractivity contribution in [1.82, 2.24) is 9.97 Å². The van der Waals surface area contributed by atoms with Crippen molar-refractivity contribution in [2.75, 3.05) is 23.3 Å². The zero-order chi connectivity index (χ0) is 17.5. The molecule has 1 aromatic heterocycles. The summed E-state index contributed by atoms with van der Waals surface area (Å²) in [7, 11) is 0. The van der Waals surface area contributed by atoms with Crippen molar-refractivity contribution >= 4 is 17.5 Å². The lowest BCUT2D eigenvalue weighted by atomic mass is 9.92. The molecule has 24 heavy (non-hydrogen) atoms. The number of rotatable bonds is 4. The van der Waals surface area contributed by atoms with Gasteiger partial charge in [-0.1, -0.05) is 0 Å². The molecule has 2 N–H and O–H groups in total. The highest BCUT2D eigenvalue weighted by Crippen LogP contribution is 2.38. The summed E-state index contributed by atoms with van der Waals surface area (Å²) in [6.45, 7) is -0.462. The number of anilines is 2. The molecule has 0 amide bonds. The molecule has 1 saturated carbocycles. The van der Waals surface area contributed by atoms with Gasteiger partial charge in [0.15, 0.2) is 5.60 Å². The van der Waals surface area contributed by atoms with Crippen LogP contribution >= 0.6 is 0 Å². The Kier molecular flexibility index (Phi) is 3.98. The van der Waals surface area contributed by atoms with Gasteiger partial charge in [0.2, 0.25) is 11.8 Å². The molecule has 1 aromatic rings. The van der Waals surface area contributed by atoms with Crippen molar-refractivity contribution in [2.45, 2.75) is 43.5 Å². The molecular weight excluding hydrogens is 331 g/mol. The number of hydrogen-bond acceptors (Lipinski definition) is 7. The summed E-state index contributed by atoms with van der Waals surface area (Å²) in [6.07, 6.45) is -2.35. The molecule has 0 unspecified atom stereocenters. The molecule has 0 aromatic carbocycles. The largest absolute Gasteiger partial charge is 0.418 e. The summed E-state index contributed by atoms with van der Waals surface area (Å²) in [5.74, 6) is -0.0697. The van der Waals surface area contributed by atoms with Crippen LogP contribution in [0.5, 0.6) is 0 Å². The van der Waals surface area contributed by atoms with Crippen LogP contribution in [0.2, 0.25) is 0 Å². The number of halogens is 3. The molecule has 1 aliphatic heterocycles. The van der Waals surface area contributed by atoms with Crippen LogP contribution in [0.4, 0.5) is 30.6 Å². The van der Waals surface area contributed by atoms with Gasteiger partial charge in [-0.3, -0.25) is 10.1 Å². The van der Waals surface area contributed by atoms with Gasteiger partial charge in [-0.05, 0) is 25.7 Å². The molecule has 0 bridgehead atoms. The van der Waals surface area contributed by atoms with Crippen LogP contribution in [0.25, 0.3) is 0 Å². The quantitative estimate of drug-likeness (QED) is 0.633. The summed E-state index contributed by atoms with van der Waals surface area (Å²) in [5, 5.41) is 23.8. The molecular formula is C13H16F3N5O3. The second-order valence-corrected chi connectivity index (χ2v) is 6.13. The molecule has 2 aliphatic rings. The van der Waals surface area contributed by atoms with E-state index in [0.29, 0.717) is 0 Å². The van der Waals surface area contributed by atoms with E-state index >= 15 is 0 Å². The second kappa shape index (κ2) is 5.72. The van der Waals surface area contributed by atoms with E-state index in [0.717, 1.165) is 19.0 Å². The van der Waals surface area contributed by atoms with Gasteiger partial charge in [-0.15, -0.1) is 0 Å². The van der Waals surface area contributed by atoms with E-state index in [-0.39, 0.29) is 36.5 Å². The van der Waals surface area contributed by atoms with Crippen LogP contribution in [-0.2, 0) is 0 Å². The predicted molar refractivity (Wildman–Crippen MR) is 77.8 cm³/mol. The standard InChI is InChI=1S/C13H16F3N5O3/c14-13(15,16)12(22)4-1-5-20(7-12)11-17-6-9(21(23)24)10(19-11)18-8-2-3-8/h6,8,22H,1-5,7H2,(H,17,18,19)/t12-/m1/s1. The highest BCUT2D eigenvalue weighted by Gasteiger charge is 2.55. The highest BCUT2D eigenvalue weighted by atomic mass is 19.4. The molecule has 1 atom stereocenters. The number of nitrogens with one attached hydrogen (secondary N) is 1. The zero-order valence-electron chi connectivity index (χ0n) is 12.6. The fraction of sp³-hybridized carbons (Fsp3) is 0.692. The average molecular weight is 347 g/mol. The fourth-order valence-electron chi connectivity index (χ4n) is 2.62. The minimum atomic E-state index is -4.76. The summed E-state index contributed by atoms with van der Waals surface area (Å²) < 4.78 is 39.1. The van der Waals surface area contributed by atoms with Crippen LogP contribution in [0.15, 0.2) is 6.20 Å². The first-order chi connectivity index (χ1) is 11.2. The Morgan fingerprint density at radius 1 is 1.46 bits per heavy atom. The average Bonchev–Trinajstić information content (AvgIpc) is 3.30. The number of aromatic nitrogens is 2. The Bertz CT molecular complexity index is 652. The van der Waals surface area contributed by atoms with Crippen molar-refractivity contribution < 1.29 is 23.2 Å². The lowest BCUT2D eigenvalue weighted by molar-refractivity contribution is -0.384. The maximum absolute atomic E-state index is 13.0. The summed E-state index contributed by atoms with van der Waals surface area (Å²) in [4.78, 5) is 19.4. The van der Waals surface area contributed by atoms with Crippen LogP contribution in [0, 0.1) is 10.1 Å². The Morgan fingerprint density at radius 2 is 2.17 bits per heavy atom. The smallest absolute Gasteiger partial charge is 0.379 e. The van der Waals surface area contributed by atoms with Gasteiger partial charge in [-0.2, -0.15) is 18.2 Å². The lowest BCUT2D eigenvalue weighted by Crippen LogP contribution is -2.57. The monoisotopic (exact) mass is 347 g/mol. The third-order valence-corrected chi connectivity index (χ3v) is 4.15. The fourth-order valence-corrected chi connectivity index (χ4v) is 2.62. The third-order valence-electron chi connectivity index (χ3n) is 4.15. The Balaban J connectivity index is 1.87. The van der Waals surface area contributed by atoms with Crippen molar-refractivity contribution in [3.05, 3.63) is 16.3 Å². The van der Waals surface area contributed by atoms with Gasteiger partial charge in [0.1, 0.15) is 6.20 Å². The first-order valence-electron chi connectivity index (χ1n) is 7.52. The number of hydrogen-bond donors (Lipinski definition) is 2. The maximum atomic E-state index is 13.0. The number of alkyl halides is 3.